The number of ether oxygens (including phenoxy) is 1. The number of aromatic nitrogens is 2. The lowest BCUT2D eigenvalue weighted by atomic mass is 9.97. The molecule has 146 valence electrons. The Kier molecular flexibility index (Phi) is 6.16. The van der Waals surface area contributed by atoms with E-state index in [0.717, 1.165) is 38.2 Å². The molecule has 1 amide bonds. The molecule has 0 saturated carbocycles. The van der Waals surface area contributed by atoms with Gasteiger partial charge in [-0.25, -0.2) is 9.78 Å². The summed E-state index contributed by atoms with van der Waals surface area (Å²) in [5, 5.41) is 2.92. The molecule has 1 unspecified atom stereocenters. The molecular weight excluding hydrogens is 340 g/mol. The third-order valence-electron chi connectivity index (χ3n) is 4.68. The van der Waals surface area contributed by atoms with E-state index in [0.29, 0.717) is 12.5 Å². The minimum atomic E-state index is -0.453. The van der Waals surface area contributed by atoms with Crippen LogP contribution in [-0.4, -0.2) is 45.8 Å². The van der Waals surface area contributed by atoms with Crippen LogP contribution < -0.4 is 5.32 Å². The van der Waals surface area contributed by atoms with Gasteiger partial charge in [0.15, 0.2) is 0 Å². The van der Waals surface area contributed by atoms with Gasteiger partial charge in [-0.2, -0.15) is 0 Å². The topological polar surface area (TPSA) is 59.4 Å². The summed E-state index contributed by atoms with van der Waals surface area (Å²) in [5.41, 5.74) is 1.97. The molecular formula is C21H30N4O2. The van der Waals surface area contributed by atoms with Crippen molar-refractivity contribution in [2.24, 2.45) is 5.92 Å². The summed E-state index contributed by atoms with van der Waals surface area (Å²) in [6.45, 7) is 9.36. The van der Waals surface area contributed by atoms with Crippen LogP contribution in [0.5, 0.6) is 0 Å². The van der Waals surface area contributed by atoms with Crippen LogP contribution in [0.3, 0.4) is 0 Å². The van der Waals surface area contributed by atoms with Gasteiger partial charge >= 0.3 is 6.09 Å². The predicted octanol–water partition coefficient (Wildman–Crippen LogP) is 3.61. The van der Waals surface area contributed by atoms with E-state index >= 15 is 0 Å². The van der Waals surface area contributed by atoms with E-state index in [1.165, 1.54) is 5.56 Å². The van der Waals surface area contributed by atoms with Gasteiger partial charge in [-0.3, -0.25) is 4.90 Å². The summed E-state index contributed by atoms with van der Waals surface area (Å²) in [6.07, 6.45) is 7.52. The van der Waals surface area contributed by atoms with E-state index in [4.69, 9.17) is 4.74 Å². The predicted molar refractivity (Wildman–Crippen MR) is 106 cm³/mol. The fourth-order valence-electron chi connectivity index (χ4n) is 3.45. The number of amides is 1. The Hall–Kier alpha value is -2.34. The van der Waals surface area contributed by atoms with Crippen LogP contribution in [0.4, 0.5) is 4.79 Å². The number of imidazole rings is 1. The normalized spacial score (nSPS) is 18.3. The van der Waals surface area contributed by atoms with Gasteiger partial charge in [0.2, 0.25) is 0 Å². The standard InChI is InChI=1S/C21H30N4O2/c1-21(2,3)27-20(26)23-13-18-5-4-11-24(15-18)14-17-6-8-19(9-7-17)25-12-10-22-16-25/h6-10,12,16,18H,4-5,11,13-15H2,1-3H3,(H,23,26). The average molecular weight is 370 g/mol. The number of carbonyl (C=O) groups excluding carboxylic acids is 1. The Morgan fingerprint density at radius 1 is 1.30 bits per heavy atom. The van der Waals surface area contributed by atoms with Crippen molar-refractivity contribution in [3.63, 3.8) is 0 Å². The third-order valence-corrected chi connectivity index (χ3v) is 4.68. The molecule has 0 spiro atoms. The maximum atomic E-state index is 11.8. The molecule has 1 saturated heterocycles. The Morgan fingerprint density at radius 3 is 2.74 bits per heavy atom. The Morgan fingerprint density at radius 2 is 2.07 bits per heavy atom. The zero-order chi connectivity index (χ0) is 19.3. The smallest absolute Gasteiger partial charge is 0.407 e. The quantitative estimate of drug-likeness (QED) is 0.873. The van der Waals surface area contributed by atoms with Crippen molar-refractivity contribution in [1.29, 1.82) is 0 Å². The summed E-state index contributed by atoms with van der Waals surface area (Å²) < 4.78 is 7.33. The second kappa shape index (κ2) is 8.57. The molecule has 3 rings (SSSR count). The number of piperidine rings is 1. The molecule has 27 heavy (non-hydrogen) atoms. The molecule has 6 nitrogen and oxygen atoms in total. The van der Waals surface area contributed by atoms with Crippen LogP contribution in [-0.2, 0) is 11.3 Å². The van der Waals surface area contributed by atoms with E-state index in [1.54, 1.807) is 6.20 Å². The van der Waals surface area contributed by atoms with Crippen LogP contribution in [0.2, 0.25) is 0 Å². The zero-order valence-corrected chi connectivity index (χ0v) is 16.5. The highest BCUT2D eigenvalue weighted by Gasteiger charge is 2.22. The molecule has 1 fully saturated rings. The molecule has 0 bridgehead atoms. The number of likely N-dealkylation sites (tertiary alicyclic amines) is 1. The van der Waals surface area contributed by atoms with Crippen molar-refractivity contribution in [2.45, 2.75) is 45.8 Å². The van der Waals surface area contributed by atoms with Gasteiger partial charge in [0.1, 0.15) is 5.60 Å². The summed E-state index contributed by atoms with van der Waals surface area (Å²) in [5.74, 6) is 0.469. The van der Waals surface area contributed by atoms with Crippen LogP contribution >= 0.6 is 0 Å². The second-order valence-corrected chi connectivity index (χ2v) is 8.26. The lowest BCUT2D eigenvalue weighted by molar-refractivity contribution is 0.0506. The number of nitrogens with one attached hydrogen (secondary N) is 1. The number of alkyl carbamates (subject to hydrolysis) is 1. The lowest BCUT2D eigenvalue weighted by Gasteiger charge is -2.33. The molecule has 1 aliphatic rings. The van der Waals surface area contributed by atoms with Gasteiger partial charge in [-0.1, -0.05) is 12.1 Å². The lowest BCUT2D eigenvalue weighted by Crippen LogP contribution is -2.41. The van der Waals surface area contributed by atoms with Gasteiger partial charge < -0.3 is 14.6 Å². The molecule has 2 heterocycles. The van der Waals surface area contributed by atoms with Gasteiger partial charge in [0.05, 0.1) is 6.33 Å². The van der Waals surface area contributed by atoms with Crippen LogP contribution in [0.15, 0.2) is 43.0 Å². The number of hydrogen-bond donors (Lipinski definition) is 1. The van der Waals surface area contributed by atoms with Crippen LogP contribution in [0, 0.1) is 5.92 Å². The highest BCUT2D eigenvalue weighted by atomic mass is 16.6. The van der Waals surface area contributed by atoms with E-state index in [1.807, 2.05) is 37.9 Å². The Labute approximate surface area is 161 Å². The van der Waals surface area contributed by atoms with Crippen molar-refractivity contribution in [3.05, 3.63) is 48.5 Å². The van der Waals surface area contributed by atoms with E-state index in [-0.39, 0.29) is 6.09 Å². The van der Waals surface area contributed by atoms with Gasteiger partial charge in [0.25, 0.3) is 0 Å². The molecule has 0 aliphatic carbocycles. The molecule has 1 N–H and O–H groups in total. The largest absolute Gasteiger partial charge is 0.444 e. The molecule has 6 heteroatoms. The summed E-state index contributed by atoms with van der Waals surface area (Å²) in [7, 11) is 0. The van der Waals surface area contributed by atoms with Gasteiger partial charge in [0, 0.05) is 37.7 Å². The molecule has 0 radical (unpaired) electrons. The Balaban J connectivity index is 1.47. The fourth-order valence-corrected chi connectivity index (χ4v) is 3.45. The number of carbonyl (C=O) groups is 1. The van der Waals surface area contributed by atoms with Gasteiger partial charge in [-0.15, -0.1) is 0 Å². The van der Waals surface area contributed by atoms with E-state index in [9.17, 15) is 4.79 Å². The van der Waals surface area contributed by atoms with Gasteiger partial charge in [-0.05, 0) is 63.8 Å². The third kappa shape index (κ3) is 6.10. The molecule has 1 atom stereocenters. The number of hydrogen-bond acceptors (Lipinski definition) is 4. The number of benzene rings is 1. The highest BCUT2D eigenvalue weighted by molar-refractivity contribution is 5.67. The molecule has 2 aromatic rings. The zero-order valence-electron chi connectivity index (χ0n) is 16.5. The van der Waals surface area contributed by atoms with Crippen molar-refractivity contribution in [1.82, 2.24) is 19.8 Å². The van der Waals surface area contributed by atoms with Crippen LogP contribution in [0.25, 0.3) is 5.69 Å². The number of rotatable bonds is 5. The second-order valence-electron chi connectivity index (χ2n) is 8.26. The maximum Gasteiger partial charge on any atom is 0.407 e. The first kappa shape index (κ1) is 19.4. The summed E-state index contributed by atoms with van der Waals surface area (Å²) in [4.78, 5) is 18.4. The maximum absolute atomic E-state index is 11.8. The molecule has 1 aromatic carbocycles. The van der Waals surface area contributed by atoms with Crippen molar-refractivity contribution in [2.75, 3.05) is 19.6 Å². The molecule has 1 aromatic heterocycles. The van der Waals surface area contributed by atoms with Crippen molar-refractivity contribution >= 4 is 6.09 Å². The minimum absolute atomic E-state index is 0.324. The van der Waals surface area contributed by atoms with E-state index < -0.39 is 5.60 Å². The summed E-state index contributed by atoms with van der Waals surface area (Å²) in [6, 6.07) is 8.61. The van der Waals surface area contributed by atoms with Crippen molar-refractivity contribution in [3.8, 4) is 5.69 Å². The Bertz CT molecular complexity index is 720. The first-order valence-electron chi connectivity index (χ1n) is 9.65. The average Bonchev–Trinajstić information content (AvgIpc) is 3.14. The van der Waals surface area contributed by atoms with Crippen LogP contribution in [0.1, 0.15) is 39.2 Å². The number of nitrogens with zero attached hydrogens (tertiary/aromatic N) is 3. The minimum Gasteiger partial charge on any atom is -0.444 e. The summed E-state index contributed by atoms with van der Waals surface area (Å²) >= 11 is 0. The van der Waals surface area contributed by atoms with Crippen molar-refractivity contribution < 1.29 is 9.53 Å². The van der Waals surface area contributed by atoms with E-state index in [2.05, 4.69) is 39.5 Å². The monoisotopic (exact) mass is 370 g/mol. The highest BCUT2D eigenvalue weighted by Crippen LogP contribution is 2.19. The molecule has 1 aliphatic heterocycles. The first-order chi connectivity index (χ1) is 12.9. The first-order valence-corrected chi connectivity index (χ1v) is 9.65. The SMILES string of the molecule is CC(C)(C)OC(=O)NCC1CCCN(Cc2ccc(-n3ccnc3)cc2)C1. The fraction of sp³-hybridized carbons (Fsp3) is 0.524.